The lowest BCUT2D eigenvalue weighted by atomic mass is 10.6. The van der Waals surface area contributed by atoms with E-state index in [1.165, 1.54) is 18.5 Å². The standard InChI is InChI=1S/C7H17Si/c1-5-7-8(3,4)6-2/h3,5-7H2,1-2,4H3. The van der Waals surface area contributed by atoms with Gasteiger partial charge in [0.2, 0.25) is 0 Å². The molecule has 1 atom stereocenters. The van der Waals surface area contributed by atoms with Gasteiger partial charge in [-0.1, -0.05) is 45.5 Å². The summed E-state index contributed by atoms with van der Waals surface area (Å²) in [4.78, 5) is 0. The van der Waals surface area contributed by atoms with Gasteiger partial charge in [0.05, 0.1) is 0 Å². The fourth-order valence-corrected chi connectivity index (χ4v) is 2.34. The average Bonchev–Trinajstić information content (AvgIpc) is 1.67. The van der Waals surface area contributed by atoms with E-state index >= 15 is 0 Å². The molecule has 0 aliphatic carbocycles. The Balaban J connectivity index is 3.37. The van der Waals surface area contributed by atoms with Crippen molar-refractivity contribution in [2.45, 2.75) is 38.9 Å². The molecule has 0 heterocycles. The molecule has 0 aromatic carbocycles. The third-order valence-corrected chi connectivity index (χ3v) is 5.12. The van der Waals surface area contributed by atoms with Crippen LogP contribution < -0.4 is 0 Å². The molecule has 0 spiro atoms. The molecule has 0 saturated carbocycles. The maximum Gasteiger partial charge on any atom is 0.0499 e. The van der Waals surface area contributed by atoms with Crippen LogP contribution in [-0.4, -0.2) is 8.07 Å². The lowest BCUT2D eigenvalue weighted by Crippen LogP contribution is -2.23. The van der Waals surface area contributed by atoms with Gasteiger partial charge in [-0.25, -0.2) is 0 Å². The maximum absolute atomic E-state index is 4.22. The van der Waals surface area contributed by atoms with Gasteiger partial charge >= 0.3 is 0 Å². The van der Waals surface area contributed by atoms with Crippen LogP contribution in [0.3, 0.4) is 0 Å². The highest BCUT2D eigenvalue weighted by molar-refractivity contribution is 6.80. The van der Waals surface area contributed by atoms with Gasteiger partial charge < -0.3 is 0 Å². The van der Waals surface area contributed by atoms with Crippen molar-refractivity contribution in [2.24, 2.45) is 0 Å². The average molecular weight is 129 g/mol. The Morgan fingerprint density at radius 1 is 1.38 bits per heavy atom. The molecule has 0 N–H and O–H groups in total. The Morgan fingerprint density at radius 2 is 1.88 bits per heavy atom. The molecule has 0 bridgehead atoms. The van der Waals surface area contributed by atoms with E-state index in [4.69, 9.17) is 0 Å². The molecule has 0 aliphatic rings. The van der Waals surface area contributed by atoms with Gasteiger partial charge in [-0.3, -0.25) is 0 Å². The fourth-order valence-electron chi connectivity index (χ4n) is 0.780. The Hall–Kier alpha value is 0.217. The summed E-state index contributed by atoms with van der Waals surface area (Å²) in [7, 11) is -0.927. The highest BCUT2D eigenvalue weighted by Gasteiger charge is 2.15. The van der Waals surface area contributed by atoms with Crippen LogP contribution in [0.4, 0.5) is 0 Å². The number of hydrogen-bond donors (Lipinski definition) is 0. The van der Waals surface area contributed by atoms with Crippen LogP contribution in [-0.2, 0) is 0 Å². The van der Waals surface area contributed by atoms with E-state index in [1.54, 1.807) is 0 Å². The zero-order valence-corrected chi connectivity index (χ0v) is 7.33. The molecule has 0 amide bonds. The zero-order chi connectivity index (χ0) is 6.62. The lowest BCUT2D eigenvalue weighted by molar-refractivity contribution is 1.04. The molecule has 0 rings (SSSR count). The molecule has 0 nitrogen and oxygen atoms in total. The predicted molar refractivity (Wildman–Crippen MR) is 42.6 cm³/mol. The summed E-state index contributed by atoms with van der Waals surface area (Å²) in [6.45, 7) is 11.1. The van der Waals surface area contributed by atoms with Crippen LogP contribution >= 0.6 is 0 Å². The second-order valence-electron chi connectivity index (χ2n) is 2.91. The summed E-state index contributed by atoms with van der Waals surface area (Å²) in [5, 5.41) is 0. The van der Waals surface area contributed by atoms with E-state index in [0.29, 0.717) is 0 Å². The first kappa shape index (κ1) is 8.22. The van der Waals surface area contributed by atoms with Gasteiger partial charge in [0, 0.05) is 8.07 Å². The zero-order valence-electron chi connectivity index (χ0n) is 6.33. The third kappa shape index (κ3) is 3.25. The molecule has 1 unspecified atom stereocenters. The molecule has 0 aromatic rings. The Bertz CT molecular complexity index is 57.4. The van der Waals surface area contributed by atoms with E-state index in [9.17, 15) is 0 Å². The van der Waals surface area contributed by atoms with E-state index in [1.807, 2.05) is 0 Å². The number of hydrogen-bond acceptors (Lipinski definition) is 0. The van der Waals surface area contributed by atoms with E-state index in [0.717, 1.165) is 0 Å². The van der Waals surface area contributed by atoms with Crippen LogP contribution in [0.15, 0.2) is 0 Å². The van der Waals surface area contributed by atoms with E-state index < -0.39 is 8.07 Å². The van der Waals surface area contributed by atoms with Crippen molar-refractivity contribution in [2.75, 3.05) is 0 Å². The minimum absolute atomic E-state index is 0.927. The summed E-state index contributed by atoms with van der Waals surface area (Å²) in [5.74, 6) is 0. The molecular weight excluding hydrogens is 112 g/mol. The second-order valence-corrected chi connectivity index (χ2v) is 7.74. The monoisotopic (exact) mass is 129 g/mol. The fraction of sp³-hybridized carbons (Fsp3) is 0.857. The van der Waals surface area contributed by atoms with Crippen LogP contribution in [0.1, 0.15) is 20.3 Å². The minimum atomic E-state index is -0.927. The van der Waals surface area contributed by atoms with Gasteiger partial charge in [-0.05, 0) is 0 Å². The smallest absolute Gasteiger partial charge is 0.0499 e. The van der Waals surface area contributed by atoms with Gasteiger partial charge in [0.15, 0.2) is 0 Å². The van der Waals surface area contributed by atoms with Gasteiger partial charge in [-0.15, -0.1) is 0 Å². The van der Waals surface area contributed by atoms with Gasteiger partial charge in [0.1, 0.15) is 0 Å². The van der Waals surface area contributed by atoms with Crippen molar-refractivity contribution in [1.29, 1.82) is 0 Å². The largest absolute Gasteiger partial charge is 0.0692 e. The van der Waals surface area contributed by atoms with Crippen LogP contribution in [0.2, 0.25) is 18.6 Å². The van der Waals surface area contributed by atoms with Crippen molar-refractivity contribution in [3.8, 4) is 0 Å². The predicted octanol–water partition coefficient (Wildman–Crippen LogP) is 2.87. The van der Waals surface area contributed by atoms with E-state index in [-0.39, 0.29) is 0 Å². The molecule has 1 heteroatoms. The SMILES string of the molecule is [CH2][Si](C)(CC)CCC. The van der Waals surface area contributed by atoms with Crippen molar-refractivity contribution in [1.82, 2.24) is 0 Å². The molecule has 0 aliphatic heterocycles. The topological polar surface area (TPSA) is 0 Å². The Kier molecular flexibility index (Phi) is 3.37. The van der Waals surface area contributed by atoms with Crippen LogP contribution in [0, 0.1) is 6.55 Å². The van der Waals surface area contributed by atoms with Crippen LogP contribution in [0.25, 0.3) is 0 Å². The molecule has 8 heavy (non-hydrogen) atoms. The highest BCUT2D eigenvalue weighted by Crippen LogP contribution is 2.14. The first-order valence-corrected chi connectivity index (χ1v) is 6.60. The molecule has 0 aromatic heterocycles. The summed E-state index contributed by atoms with van der Waals surface area (Å²) < 4.78 is 0. The maximum atomic E-state index is 4.22. The lowest BCUT2D eigenvalue weighted by Gasteiger charge is -2.17. The van der Waals surface area contributed by atoms with Crippen molar-refractivity contribution in [3.05, 3.63) is 6.55 Å². The quantitative estimate of drug-likeness (QED) is 0.514. The van der Waals surface area contributed by atoms with Gasteiger partial charge in [-0.2, -0.15) is 0 Å². The first-order chi connectivity index (χ1) is 3.62. The van der Waals surface area contributed by atoms with Gasteiger partial charge in [0.25, 0.3) is 0 Å². The van der Waals surface area contributed by atoms with Crippen molar-refractivity contribution >= 4 is 8.07 Å². The number of rotatable bonds is 3. The molecule has 1 radical (unpaired) electrons. The summed E-state index contributed by atoms with van der Waals surface area (Å²) >= 11 is 0. The molecule has 49 valence electrons. The second kappa shape index (κ2) is 3.28. The summed E-state index contributed by atoms with van der Waals surface area (Å²) in [6, 6.07) is 2.73. The Morgan fingerprint density at radius 3 is 2.00 bits per heavy atom. The van der Waals surface area contributed by atoms with Crippen molar-refractivity contribution in [3.63, 3.8) is 0 Å². The molecule has 0 fully saturated rings. The van der Waals surface area contributed by atoms with Crippen LogP contribution in [0.5, 0.6) is 0 Å². The van der Waals surface area contributed by atoms with E-state index in [2.05, 4.69) is 26.9 Å². The molecular formula is C7H17Si. The summed E-state index contributed by atoms with van der Waals surface area (Å²) in [5.41, 5.74) is 0. The normalized spacial score (nSPS) is 12.0. The van der Waals surface area contributed by atoms with Crippen molar-refractivity contribution < 1.29 is 0 Å². The highest BCUT2D eigenvalue weighted by atomic mass is 28.3. The third-order valence-electron chi connectivity index (χ3n) is 1.71. The Labute approximate surface area is 54.3 Å². The molecule has 0 saturated heterocycles. The minimum Gasteiger partial charge on any atom is -0.0692 e. The first-order valence-electron chi connectivity index (χ1n) is 3.47. The summed E-state index contributed by atoms with van der Waals surface area (Å²) in [6.07, 6.45) is 1.32.